The maximum absolute atomic E-state index is 4.97. The van der Waals surface area contributed by atoms with Crippen LogP contribution in [-0.4, -0.2) is 15.8 Å². The van der Waals surface area contributed by atoms with E-state index in [1.807, 2.05) is 18.2 Å². The van der Waals surface area contributed by atoms with Crippen LogP contribution in [0.3, 0.4) is 0 Å². The molecule has 0 atom stereocenters. The predicted molar refractivity (Wildman–Crippen MR) is 58.0 cm³/mol. The minimum absolute atomic E-state index is 0.758. The van der Waals surface area contributed by atoms with Gasteiger partial charge in [0.25, 0.3) is 0 Å². The Morgan fingerprint density at radius 2 is 2.00 bits per heavy atom. The fourth-order valence-electron chi connectivity index (χ4n) is 1.08. The summed E-state index contributed by atoms with van der Waals surface area (Å²) in [6, 6.07) is 10.2. The summed E-state index contributed by atoms with van der Waals surface area (Å²) in [7, 11) is 0. The van der Waals surface area contributed by atoms with Gasteiger partial charge in [-0.1, -0.05) is 54.3 Å². The molecular formula is C9H7NS2. The SMILES string of the molecule is S=C1N=C(c2ccccc2)CS1. The average molecular weight is 193 g/mol. The van der Waals surface area contributed by atoms with E-state index in [1.165, 1.54) is 5.56 Å². The van der Waals surface area contributed by atoms with Crippen LogP contribution in [0.25, 0.3) is 0 Å². The van der Waals surface area contributed by atoms with E-state index in [4.69, 9.17) is 12.2 Å². The molecule has 0 fully saturated rings. The fraction of sp³-hybridized carbons (Fsp3) is 0.111. The lowest BCUT2D eigenvalue weighted by Gasteiger charge is -1.96. The summed E-state index contributed by atoms with van der Waals surface area (Å²) in [5.74, 6) is 0.919. The van der Waals surface area contributed by atoms with Gasteiger partial charge in [0.05, 0.1) is 5.71 Å². The molecule has 60 valence electrons. The van der Waals surface area contributed by atoms with Gasteiger partial charge in [0.2, 0.25) is 0 Å². The molecule has 0 unspecified atom stereocenters. The van der Waals surface area contributed by atoms with E-state index in [9.17, 15) is 0 Å². The van der Waals surface area contributed by atoms with Crippen LogP contribution in [0, 0.1) is 0 Å². The Balaban J connectivity index is 2.33. The van der Waals surface area contributed by atoms with Gasteiger partial charge < -0.3 is 0 Å². The summed E-state index contributed by atoms with van der Waals surface area (Å²) >= 11 is 6.60. The largest absolute Gasteiger partial charge is 0.233 e. The molecule has 0 N–H and O–H groups in total. The first kappa shape index (κ1) is 7.95. The molecule has 0 aliphatic carbocycles. The summed E-state index contributed by atoms with van der Waals surface area (Å²) in [4.78, 5) is 4.27. The van der Waals surface area contributed by atoms with Crippen molar-refractivity contribution in [2.24, 2.45) is 4.99 Å². The third kappa shape index (κ3) is 1.57. The lowest BCUT2D eigenvalue weighted by Crippen LogP contribution is -1.98. The minimum Gasteiger partial charge on any atom is -0.233 e. The lowest BCUT2D eigenvalue weighted by atomic mass is 10.1. The minimum atomic E-state index is 0.758. The third-order valence-electron chi connectivity index (χ3n) is 1.67. The molecule has 12 heavy (non-hydrogen) atoms. The van der Waals surface area contributed by atoms with Crippen molar-refractivity contribution in [2.45, 2.75) is 0 Å². The third-order valence-corrected chi connectivity index (χ3v) is 2.87. The molecule has 0 bridgehead atoms. The predicted octanol–water partition coefficient (Wildman–Crippen LogP) is 2.51. The van der Waals surface area contributed by atoms with E-state index < -0.39 is 0 Å². The highest BCUT2D eigenvalue weighted by atomic mass is 32.2. The number of benzene rings is 1. The molecule has 0 aromatic heterocycles. The van der Waals surface area contributed by atoms with Gasteiger partial charge in [0, 0.05) is 5.75 Å². The molecule has 0 spiro atoms. The molecule has 1 aliphatic rings. The van der Waals surface area contributed by atoms with Crippen molar-refractivity contribution in [3.8, 4) is 0 Å². The van der Waals surface area contributed by atoms with Crippen molar-refractivity contribution in [3.63, 3.8) is 0 Å². The van der Waals surface area contributed by atoms with Crippen LogP contribution in [0.2, 0.25) is 0 Å². The van der Waals surface area contributed by atoms with Crippen molar-refractivity contribution < 1.29 is 0 Å². The number of hydrogen-bond donors (Lipinski definition) is 0. The zero-order valence-corrected chi connectivity index (χ0v) is 7.99. The highest BCUT2D eigenvalue weighted by Gasteiger charge is 2.12. The van der Waals surface area contributed by atoms with Crippen molar-refractivity contribution in [1.82, 2.24) is 0 Å². The maximum Gasteiger partial charge on any atom is 0.160 e. The topological polar surface area (TPSA) is 12.4 Å². The first-order valence-electron chi connectivity index (χ1n) is 3.66. The summed E-state index contributed by atoms with van der Waals surface area (Å²) in [6.07, 6.45) is 0. The van der Waals surface area contributed by atoms with Crippen LogP contribution in [0.4, 0.5) is 0 Å². The van der Waals surface area contributed by atoms with Crippen LogP contribution in [0.15, 0.2) is 35.3 Å². The zero-order valence-electron chi connectivity index (χ0n) is 6.36. The second kappa shape index (κ2) is 3.37. The van der Waals surface area contributed by atoms with E-state index in [1.54, 1.807) is 11.8 Å². The van der Waals surface area contributed by atoms with Crippen LogP contribution in [0.5, 0.6) is 0 Å². The van der Waals surface area contributed by atoms with Crippen molar-refractivity contribution in [2.75, 3.05) is 5.75 Å². The zero-order chi connectivity index (χ0) is 8.39. The standard InChI is InChI=1S/C9H7NS2/c11-9-10-8(6-12-9)7-4-2-1-3-5-7/h1-5H,6H2. The number of hydrogen-bond acceptors (Lipinski definition) is 2. The second-order valence-electron chi connectivity index (χ2n) is 2.48. The monoisotopic (exact) mass is 193 g/mol. The number of rotatable bonds is 1. The highest BCUT2D eigenvalue weighted by Crippen LogP contribution is 2.18. The molecule has 3 heteroatoms. The van der Waals surface area contributed by atoms with Gasteiger partial charge in [-0.15, -0.1) is 0 Å². The number of aliphatic imine (C=N–C) groups is 1. The second-order valence-corrected chi connectivity index (χ2v) is 4.09. The average Bonchev–Trinajstić information content (AvgIpc) is 2.54. The van der Waals surface area contributed by atoms with E-state index in [2.05, 4.69) is 17.1 Å². The first-order valence-corrected chi connectivity index (χ1v) is 5.05. The first-order chi connectivity index (χ1) is 5.86. The van der Waals surface area contributed by atoms with Crippen LogP contribution in [0.1, 0.15) is 5.56 Å². The lowest BCUT2D eigenvalue weighted by molar-refractivity contribution is 1.61. The number of thioether (sulfide) groups is 1. The molecule has 1 aliphatic heterocycles. The summed E-state index contributed by atoms with van der Waals surface area (Å²) in [5.41, 5.74) is 2.29. The Hall–Kier alpha value is -0.670. The molecule has 2 rings (SSSR count). The van der Waals surface area contributed by atoms with E-state index in [0.717, 1.165) is 15.8 Å². The van der Waals surface area contributed by atoms with Gasteiger partial charge in [-0.2, -0.15) is 0 Å². The Bertz CT molecular complexity index is 330. The molecule has 1 aromatic carbocycles. The quantitative estimate of drug-likeness (QED) is 0.635. The van der Waals surface area contributed by atoms with Gasteiger partial charge in [-0.05, 0) is 5.56 Å². The van der Waals surface area contributed by atoms with Crippen LogP contribution < -0.4 is 0 Å². The molecule has 0 saturated carbocycles. The van der Waals surface area contributed by atoms with Crippen molar-refractivity contribution >= 4 is 34.0 Å². The fourth-order valence-corrected chi connectivity index (χ4v) is 2.04. The van der Waals surface area contributed by atoms with Gasteiger partial charge in [-0.3, -0.25) is 0 Å². The Kier molecular flexibility index (Phi) is 2.23. The van der Waals surface area contributed by atoms with Gasteiger partial charge in [0.1, 0.15) is 0 Å². The Morgan fingerprint density at radius 1 is 1.25 bits per heavy atom. The summed E-state index contributed by atoms with van der Waals surface area (Å²) in [6.45, 7) is 0. The molecular weight excluding hydrogens is 186 g/mol. The van der Waals surface area contributed by atoms with Gasteiger partial charge >= 0.3 is 0 Å². The van der Waals surface area contributed by atoms with Gasteiger partial charge in [0.15, 0.2) is 4.32 Å². The van der Waals surface area contributed by atoms with E-state index in [-0.39, 0.29) is 0 Å². The van der Waals surface area contributed by atoms with Gasteiger partial charge in [-0.25, -0.2) is 4.99 Å². The molecule has 0 saturated heterocycles. The molecule has 0 amide bonds. The smallest absolute Gasteiger partial charge is 0.160 e. The maximum atomic E-state index is 4.97. The van der Waals surface area contributed by atoms with Crippen LogP contribution >= 0.6 is 24.0 Å². The molecule has 1 heterocycles. The normalized spacial score (nSPS) is 16.3. The summed E-state index contributed by atoms with van der Waals surface area (Å²) < 4.78 is 0.758. The molecule has 0 radical (unpaired) electrons. The van der Waals surface area contributed by atoms with E-state index >= 15 is 0 Å². The Labute approximate surface area is 80.9 Å². The molecule has 1 nitrogen and oxygen atoms in total. The van der Waals surface area contributed by atoms with Crippen molar-refractivity contribution in [1.29, 1.82) is 0 Å². The molecule has 1 aromatic rings. The number of thiocarbonyl (C=S) groups is 1. The van der Waals surface area contributed by atoms with E-state index in [0.29, 0.717) is 0 Å². The van der Waals surface area contributed by atoms with Crippen LogP contribution in [-0.2, 0) is 0 Å². The summed E-state index contributed by atoms with van der Waals surface area (Å²) in [5, 5.41) is 0. The Morgan fingerprint density at radius 3 is 2.58 bits per heavy atom. The number of nitrogens with zero attached hydrogens (tertiary/aromatic N) is 1. The highest BCUT2D eigenvalue weighted by molar-refractivity contribution is 8.23. The van der Waals surface area contributed by atoms with Crippen molar-refractivity contribution in [3.05, 3.63) is 35.9 Å².